The quantitative estimate of drug-likeness (QED) is 0.806. The van der Waals surface area contributed by atoms with Crippen LogP contribution in [0.15, 0.2) is 48.5 Å². The second-order valence-corrected chi connectivity index (χ2v) is 7.17. The summed E-state index contributed by atoms with van der Waals surface area (Å²) < 4.78 is 0. The molecule has 2 amide bonds. The van der Waals surface area contributed by atoms with E-state index in [4.69, 9.17) is 11.6 Å². The standard InChI is InChI=1S/C21H24ClN3O2.ClH/c1-23-11-12-24(2)21(27)19-13-15-7-3-4-8-16(15)14-25(19)20(26)17-9-5-6-10-18(17)22;/h3-10,19,23H,11-14H2,1-2H3;1H. The van der Waals surface area contributed by atoms with E-state index in [9.17, 15) is 9.59 Å². The molecule has 3 rings (SSSR count). The van der Waals surface area contributed by atoms with Crippen LogP contribution in [0.25, 0.3) is 0 Å². The summed E-state index contributed by atoms with van der Waals surface area (Å²) in [6, 6.07) is 14.4. The van der Waals surface area contributed by atoms with Crippen LogP contribution in [0.2, 0.25) is 5.02 Å². The topological polar surface area (TPSA) is 52.7 Å². The summed E-state index contributed by atoms with van der Waals surface area (Å²) in [5, 5.41) is 3.45. The second-order valence-electron chi connectivity index (χ2n) is 6.76. The van der Waals surface area contributed by atoms with E-state index in [0.29, 0.717) is 36.6 Å². The first-order chi connectivity index (χ1) is 13.0. The molecular formula is C21H25Cl2N3O2. The van der Waals surface area contributed by atoms with Crippen LogP contribution in [0, 0.1) is 0 Å². The number of fused-ring (bicyclic) bond motifs is 1. The third-order valence-electron chi connectivity index (χ3n) is 4.97. The lowest BCUT2D eigenvalue weighted by Gasteiger charge is -2.38. The normalized spacial score (nSPS) is 15.4. The molecule has 0 radical (unpaired) electrons. The Kier molecular flexibility index (Phi) is 7.87. The minimum absolute atomic E-state index is 0. The van der Waals surface area contributed by atoms with Crippen molar-refractivity contribution in [2.24, 2.45) is 0 Å². The van der Waals surface area contributed by atoms with Gasteiger partial charge in [0.25, 0.3) is 5.91 Å². The zero-order chi connectivity index (χ0) is 19.4. The molecule has 1 N–H and O–H groups in total. The first-order valence-corrected chi connectivity index (χ1v) is 9.42. The maximum Gasteiger partial charge on any atom is 0.256 e. The van der Waals surface area contributed by atoms with Gasteiger partial charge < -0.3 is 15.1 Å². The van der Waals surface area contributed by atoms with Crippen molar-refractivity contribution in [3.8, 4) is 0 Å². The summed E-state index contributed by atoms with van der Waals surface area (Å²) in [7, 11) is 3.63. The van der Waals surface area contributed by atoms with Crippen LogP contribution in [-0.2, 0) is 17.8 Å². The van der Waals surface area contributed by atoms with E-state index in [-0.39, 0.29) is 24.2 Å². The average Bonchev–Trinajstić information content (AvgIpc) is 2.70. The number of benzene rings is 2. The summed E-state index contributed by atoms with van der Waals surface area (Å²) in [4.78, 5) is 29.7. The van der Waals surface area contributed by atoms with E-state index in [2.05, 4.69) is 5.32 Å². The van der Waals surface area contributed by atoms with Crippen molar-refractivity contribution in [2.45, 2.75) is 19.0 Å². The Morgan fingerprint density at radius 2 is 1.79 bits per heavy atom. The van der Waals surface area contributed by atoms with Crippen LogP contribution in [0.3, 0.4) is 0 Å². The Balaban J connectivity index is 0.00000280. The number of nitrogens with one attached hydrogen (secondary N) is 1. The third kappa shape index (κ3) is 4.66. The maximum atomic E-state index is 13.2. The predicted octanol–water partition coefficient (Wildman–Crippen LogP) is 3.01. The summed E-state index contributed by atoms with van der Waals surface area (Å²) in [6.45, 7) is 1.68. The highest BCUT2D eigenvalue weighted by atomic mass is 35.5. The summed E-state index contributed by atoms with van der Waals surface area (Å²) in [6.07, 6.45) is 0.509. The Morgan fingerprint density at radius 3 is 2.46 bits per heavy atom. The molecule has 1 atom stereocenters. The van der Waals surface area contributed by atoms with Gasteiger partial charge in [-0.25, -0.2) is 0 Å². The number of rotatable bonds is 5. The van der Waals surface area contributed by atoms with E-state index in [0.717, 1.165) is 11.1 Å². The highest BCUT2D eigenvalue weighted by Gasteiger charge is 2.36. The van der Waals surface area contributed by atoms with E-state index in [1.807, 2.05) is 31.3 Å². The maximum absolute atomic E-state index is 13.2. The van der Waals surface area contributed by atoms with Gasteiger partial charge in [0.15, 0.2) is 0 Å². The van der Waals surface area contributed by atoms with Gasteiger partial charge in [-0.3, -0.25) is 9.59 Å². The van der Waals surface area contributed by atoms with Gasteiger partial charge in [-0.1, -0.05) is 48.0 Å². The van der Waals surface area contributed by atoms with Crippen molar-refractivity contribution in [3.05, 3.63) is 70.2 Å². The number of carbonyl (C=O) groups is 2. The number of halogens is 2. The van der Waals surface area contributed by atoms with Crippen molar-refractivity contribution in [3.63, 3.8) is 0 Å². The third-order valence-corrected chi connectivity index (χ3v) is 5.30. The fourth-order valence-corrected chi connectivity index (χ4v) is 3.61. The molecule has 2 aromatic rings. The number of hydrogen-bond acceptors (Lipinski definition) is 3. The molecule has 1 aliphatic rings. The van der Waals surface area contributed by atoms with Crippen LogP contribution in [0.5, 0.6) is 0 Å². The molecule has 7 heteroatoms. The average molecular weight is 422 g/mol. The molecule has 0 aromatic heterocycles. The molecular weight excluding hydrogens is 397 g/mol. The molecule has 0 saturated heterocycles. The van der Waals surface area contributed by atoms with Gasteiger partial charge in [0.05, 0.1) is 10.6 Å². The first-order valence-electron chi connectivity index (χ1n) is 9.04. The molecule has 5 nitrogen and oxygen atoms in total. The molecule has 2 aromatic carbocycles. The monoisotopic (exact) mass is 421 g/mol. The SMILES string of the molecule is CNCCN(C)C(=O)C1Cc2ccccc2CN1C(=O)c1ccccc1Cl.Cl. The molecule has 1 unspecified atom stereocenters. The number of likely N-dealkylation sites (N-methyl/N-ethyl adjacent to an activating group) is 2. The zero-order valence-corrected chi connectivity index (χ0v) is 17.6. The first kappa shape index (κ1) is 22.2. The Morgan fingerprint density at radius 1 is 1.14 bits per heavy atom. The molecule has 0 saturated carbocycles. The van der Waals surface area contributed by atoms with E-state index in [1.165, 1.54) is 0 Å². The van der Waals surface area contributed by atoms with Crippen LogP contribution in [0.1, 0.15) is 21.5 Å². The van der Waals surface area contributed by atoms with Crippen molar-refractivity contribution in [2.75, 3.05) is 27.2 Å². The smallest absolute Gasteiger partial charge is 0.256 e. The summed E-state index contributed by atoms with van der Waals surface area (Å²) in [5.74, 6) is -0.268. The van der Waals surface area contributed by atoms with E-state index < -0.39 is 6.04 Å². The molecule has 28 heavy (non-hydrogen) atoms. The predicted molar refractivity (Wildman–Crippen MR) is 114 cm³/mol. The van der Waals surface area contributed by atoms with Crippen molar-refractivity contribution >= 4 is 35.8 Å². The van der Waals surface area contributed by atoms with Crippen LogP contribution >= 0.6 is 24.0 Å². The Labute approximate surface area is 177 Å². The van der Waals surface area contributed by atoms with Crippen molar-refractivity contribution in [1.82, 2.24) is 15.1 Å². The number of amides is 2. The summed E-state index contributed by atoms with van der Waals surface area (Å²) >= 11 is 6.25. The Bertz CT molecular complexity index is 844. The minimum atomic E-state index is -0.537. The fourth-order valence-electron chi connectivity index (χ4n) is 3.39. The number of nitrogens with zero attached hydrogens (tertiary/aromatic N) is 2. The van der Waals surface area contributed by atoms with Gasteiger partial charge >= 0.3 is 0 Å². The molecule has 0 bridgehead atoms. The van der Waals surface area contributed by atoms with E-state index >= 15 is 0 Å². The molecule has 150 valence electrons. The molecule has 1 aliphatic heterocycles. The van der Waals surface area contributed by atoms with E-state index in [1.54, 1.807) is 41.1 Å². The van der Waals surface area contributed by atoms with Gasteiger partial charge in [-0.15, -0.1) is 12.4 Å². The van der Waals surface area contributed by atoms with Gasteiger partial charge in [0, 0.05) is 33.1 Å². The molecule has 0 spiro atoms. The Hall–Kier alpha value is -2.08. The second kappa shape index (κ2) is 9.92. The fraction of sp³-hybridized carbons (Fsp3) is 0.333. The van der Waals surface area contributed by atoms with Gasteiger partial charge in [-0.05, 0) is 30.3 Å². The van der Waals surface area contributed by atoms with Gasteiger partial charge in [-0.2, -0.15) is 0 Å². The molecule has 1 heterocycles. The van der Waals surface area contributed by atoms with Gasteiger partial charge in [0.2, 0.25) is 5.91 Å². The lowest BCUT2D eigenvalue weighted by atomic mass is 9.92. The lowest BCUT2D eigenvalue weighted by Crippen LogP contribution is -2.53. The number of carbonyl (C=O) groups excluding carboxylic acids is 2. The van der Waals surface area contributed by atoms with Crippen LogP contribution in [0.4, 0.5) is 0 Å². The highest BCUT2D eigenvalue weighted by molar-refractivity contribution is 6.33. The van der Waals surface area contributed by atoms with Crippen molar-refractivity contribution < 1.29 is 9.59 Å². The largest absolute Gasteiger partial charge is 0.343 e. The molecule has 0 aliphatic carbocycles. The van der Waals surface area contributed by atoms with Gasteiger partial charge in [0.1, 0.15) is 6.04 Å². The summed E-state index contributed by atoms with van der Waals surface area (Å²) in [5.41, 5.74) is 2.61. The number of hydrogen-bond donors (Lipinski definition) is 1. The van der Waals surface area contributed by atoms with Crippen LogP contribution in [-0.4, -0.2) is 54.8 Å². The minimum Gasteiger partial charge on any atom is -0.343 e. The van der Waals surface area contributed by atoms with Crippen molar-refractivity contribution in [1.29, 1.82) is 0 Å². The van der Waals surface area contributed by atoms with Crippen LogP contribution < -0.4 is 5.32 Å². The molecule has 0 fully saturated rings. The highest BCUT2D eigenvalue weighted by Crippen LogP contribution is 2.27. The lowest BCUT2D eigenvalue weighted by molar-refractivity contribution is -0.135. The zero-order valence-electron chi connectivity index (χ0n) is 16.0.